The molecule has 0 aliphatic carbocycles. The monoisotopic (exact) mass is 490 g/mol. The molecule has 32 heavy (non-hydrogen) atoms. The van der Waals surface area contributed by atoms with E-state index in [1.165, 1.54) is 37.8 Å². The lowest BCUT2D eigenvalue weighted by Gasteiger charge is -2.20. The fraction of sp³-hybridized carbons (Fsp3) is 0.304. The fourth-order valence-electron chi connectivity index (χ4n) is 3.70. The van der Waals surface area contributed by atoms with Crippen molar-refractivity contribution < 1.29 is 8.42 Å². The Balaban J connectivity index is 1.49. The third-order valence-corrected chi connectivity index (χ3v) is 7.77. The van der Waals surface area contributed by atoms with Crippen LogP contribution in [0.1, 0.15) is 31.2 Å². The van der Waals surface area contributed by atoms with Crippen LogP contribution in [0.3, 0.4) is 0 Å². The zero-order valence-electron chi connectivity index (χ0n) is 17.7. The predicted molar refractivity (Wildman–Crippen MR) is 130 cm³/mol. The highest BCUT2D eigenvalue weighted by Crippen LogP contribution is 2.30. The molecule has 0 unspecified atom stereocenters. The number of nitrogens with one attached hydrogen (secondary N) is 1. The van der Waals surface area contributed by atoms with E-state index < -0.39 is 10.0 Å². The van der Waals surface area contributed by atoms with Gasteiger partial charge in [0.1, 0.15) is 4.90 Å². The van der Waals surface area contributed by atoms with Gasteiger partial charge in [0, 0.05) is 29.4 Å². The molecule has 1 aromatic heterocycles. The summed E-state index contributed by atoms with van der Waals surface area (Å²) in [4.78, 5) is 2.27. The van der Waals surface area contributed by atoms with Crippen LogP contribution in [-0.2, 0) is 10.0 Å². The summed E-state index contributed by atoms with van der Waals surface area (Å²) >= 11 is 12.1. The second-order valence-corrected chi connectivity index (χ2v) is 10.4. The number of nitrogens with zero attached hydrogens (tertiary/aromatic N) is 3. The molecule has 4 rings (SSSR count). The van der Waals surface area contributed by atoms with Crippen molar-refractivity contribution in [2.45, 2.75) is 37.5 Å². The van der Waals surface area contributed by atoms with Gasteiger partial charge in [-0.05, 0) is 61.7 Å². The molecule has 0 radical (unpaired) electrons. The van der Waals surface area contributed by atoms with Gasteiger partial charge in [-0.2, -0.15) is 0 Å². The Morgan fingerprint density at radius 2 is 1.56 bits per heavy atom. The summed E-state index contributed by atoms with van der Waals surface area (Å²) in [6.07, 6.45) is 4.90. The molecule has 0 spiro atoms. The lowest BCUT2D eigenvalue weighted by atomic mass is 10.1. The molecule has 1 N–H and O–H groups in total. The molecule has 0 saturated carbocycles. The number of aryl methyl sites for hydroxylation is 1. The van der Waals surface area contributed by atoms with Crippen molar-refractivity contribution in [1.29, 1.82) is 0 Å². The van der Waals surface area contributed by atoms with Crippen LogP contribution in [0, 0.1) is 6.92 Å². The number of hydrogen-bond donors (Lipinski definition) is 1. The SMILES string of the molecule is Cc1cc(S(=O)(=O)Nc2ccc(-c3ccc(N4CCCCCC4)nn3)cc2)c(Cl)cc1Cl. The first-order valence-electron chi connectivity index (χ1n) is 10.5. The van der Waals surface area contributed by atoms with Crippen molar-refractivity contribution in [3.8, 4) is 11.3 Å². The highest BCUT2D eigenvalue weighted by molar-refractivity contribution is 7.92. The molecule has 0 amide bonds. The van der Waals surface area contributed by atoms with Gasteiger partial charge < -0.3 is 4.90 Å². The van der Waals surface area contributed by atoms with Gasteiger partial charge in [0.05, 0.1) is 10.7 Å². The van der Waals surface area contributed by atoms with Gasteiger partial charge in [0.25, 0.3) is 10.0 Å². The quantitative estimate of drug-likeness (QED) is 0.478. The molecule has 6 nitrogen and oxygen atoms in total. The third kappa shape index (κ3) is 5.17. The van der Waals surface area contributed by atoms with E-state index >= 15 is 0 Å². The second-order valence-electron chi connectivity index (χ2n) is 7.89. The van der Waals surface area contributed by atoms with Crippen LogP contribution in [0.5, 0.6) is 0 Å². The molecule has 3 aromatic rings. The van der Waals surface area contributed by atoms with E-state index in [-0.39, 0.29) is 9.92 Å². The number of halogens is 2. The molecule has 0 bridgehead atoms. The summed E-state index contributed by atoms with van der Waals surface area (Å²) in [6, 6.07) is 13.8. The maximum absolute atomic E-state index is 12.8. The number of sulfonamides is 1. The van der Waals surface area contributed by atoms with E-state index in [1.54, 1.807) is 19.1 Å². The first kappa shape index (κ1) is 22.8. The van der Waals surface area contributed by atoms with Crippen LogP contribution in [0.15, 0.2) is 53.4 Å². The maximum Gasteiger partial charge on any atom is 0.263 e. The molecule has 1 aliphatic heterocycles. The summed E-state index contributed by atoms with van der Waals surface area (Å²) < 4.78 is 28.1. The average Bonchev–Trinajstić information content (AvgIpc) is 3.06. The normalized spacial score (nSPS) is 14.8. The van der Waals surface area contributed by atoms with E-state index in [0.717, 1.165) is 30.2 Å². The zero-order chi connectivity index (χ0) is 22.7. The Morgan fingerprint density at radius 1 is 0.875 bits per heavy atom. The lowest BCUT2D eigenvalue weighted by molar-refractivity contribution is 0.601. The van der Waals surface area contributed by atoms with Crippen LogP contribution in [-0.4, -0.2) is 31.7 Å². The van der Waals surface area contributed by atoms with Crippen molar-refractivity contribution in [1.82, 2.24) is 10.2 Å². The van der Waals surface area contributed by atoms with Gasteiger partial charge in [0.15, 0.2) is 5.82 Å². The average molecular weight is 491 g/mol. The minimum atomic E-state index is -3.86. The van der Waals surface area contributed by atoms with Crippen LogP contribution in [0.4, 0.5) is 11.5 Å². The molecule has 1 fully saturated rings. The van der Waals surface area contributed by atoms with Crippen molar-refractivity contribution in [2.75, 3.05) is 22.7 Å². The summed E-state index contributed by atoms with van der Waals surface area (Å²) in [5, 5.41) is 9.27. The maximum atomic E-state index is 12.8. The van der Waals surface area contributed by atoms with Crippen LogP contribution < -0.4 is 9.62 Å². The number of hydrogen-bond acceptors (Lipinski definition) is 5. The van der Waals surface area contributed by atoms with Gasteiger partial charge in [0.2, 0.25) is 0 Å². The molecular weight excluding hydrogens is 467 g/mol. The lowest BCUT2D eigenvalue weighted by Crippen LogP contribution is -2.25. The predicted octanol–water partition coefficient (Wildman–Crippen LogP) is 5.94. The van der Waals surface area contributed by atoms with E-state index in [2.05, 4.69) is 19.8 Å². The number of aromatic nitrogens is 2. The summed E-state index contributed by atoms with van der Waals surface area (Å²) in [5.74, 6) is 0.898. The molecule has 0 atom stereocenters. The third-order valence-electron chi connectivity index (χ3n) is 5.52. The molecule has 2 aromatic carbocycles. The Morgan fingerprint density at radius 3 is 2.19 bits per heavy atom. The van der Waals surface area contributed by atoms with Crippen LogP contribution in [0.2, 0.25) is 10.0 Å². The van der Waals surface area contributed by atoms with Gasteiger partial charge >= 0.3 is 0 Å². The molecule has 2 heterocycles. The molecule has 1 saturated heterocycles. The Labute approximate surface area is 198 Å². The molecular formula is C23H24Cl2N4O2S. The minimum Gasteiger partial charge on any atom is -0.355 e. The fourth-order valence-corrected chi connectivity index (χ4v) is 5.60. The highest BCUT2D eigenvalue weighted by Gasteiger charge is 2.20. The van der Waals surface area contributed by atoms with Crippen LogP contribution in [0.25, 0.3) is 11.3 Å². The van der Waals surface area contributed by atoms with E-state index in [4.69, 9.17) is 23.2 Å². The zero-order valence-corrected chi connectivity index (χ0v) is 20.0. The molecule has 9 heteroatoms. The van der Waals surface area contributed by atoms with Crippen molar-refractivity contribution in [2.24, 2.45) is 0 Å². The molecule has 1 aliphatic rings. The first-order valence-corrected chi connectivity index (χ1v) is 12.7. The van der Waals surface area contributed by atoms with Gasteiger partial charge in [-0.15, -0.1) is 10.2 Å². The van der Waals surface area contributed by atoms with Crippen molar-refractivity contribution >= 4 is 44.7 Å². The summed E-state index contributed by atoms with van der Waals surface area (Å²) in [5.41, 5.74) is 2.64. The van der Waals surface area contributed by atoms with E-state index in [0.29, 0.717) is 16.3 Å². The molecule has 168 valence electrons. The number of rotatable bonds is 5. The number of benzene rings is 2. The van der Waals surface area contributed by atoms with Crippen molar-refractivity contribution in [3.63, 3.8) is 0 Å². The standard InChI is InChI=1S/C23H24Cl2N4O2S/c1-16-14-22(20(25)15-19(16)24)32(30,31)28-18-8-6-17(7-9-18)21-10-11-23(27-26-21)29-12-4-2-3-5-13-29/h6-11,14-15,28H,2-5,12-13H2,1H3. The topological polar surface area (TPSA) is 75.2 Å². The number of anilines is 2. The Kier molecular flexibility index (Phi) is 6.88. The van der Waals surface area contributed by atoms with Gasteiger partial charge in [-0.3, -0.25) is 4.72 Å². The second kappa shape index (κ2) is 9.65. The van der Waals surface area contributed by atoms with Crippen LogP contribution >= 0.6 is 23.2 Å². The first-order chi connectivity index (χ1) is 15.3. The summed E-state index contributed by atoms with van der Waals surface area (Å²) in [7, 11) is -3.86. The van der Waals surface area contributed by atoms with E-state index in [9.17, 15) is 8.42 Å². The Hall–Kier alpha value is -2.35. The largest absolute Gasteiger partial charge is 0.355 e. The minimum absolute atomic E-state index is 0.0138. The highest BCUT2D eigenvalue weighted by atomic mass is 35.5. The summed E-state index contributed by atoms with van der Waals surface area (Å²) in [6.45, 7) is 3.76. The van der Waals surface area contributed by atoms with Gasteiger partial charge in [-0.1, -0.05) is 48.2 Å². The van der Waals surface area contributed by atoms with E-state index in [1.807, 2.05) is 24.3 Å². The van der Waals surface area contributed by atoms with Gasteiger partial charge in [-0.25, -0.2) is 8.42 Å². The Bertz CT molecular complexity index is 1190. The van der Waals surface area contributed by atoms with Crippen molar-refractivity contribution in [3.05, 3.63) is 64.1 Å². The smallest absolute Gasteiger partial charge is 0.263 e.